The molecule has 0 atom stereocenters. The monoisotopic (exact) mass is 278 g/mol. The van der Waals surface area contributed by atoms with Gasteiger partial charge in [-0.2, -0.15) is 0 Å². The van der Waals surface area contributed by atoms with Crippen molar-refractivity contribution in [3.8, 4) is 0 Å². The molecular formula is C6H19IN2O2. The van der Waals surface area contributed by atoms with Gasteiger partial charge in [0.2, 0.25) is 12.2 Å². The first-order valence-corrected chi connectivity index (χ1v) is 0.908. The molecule has 0 aliphatic rings. The SMILES string of the molecule is C.C.C.C.I.N=C=O.N=C=O. The molecule has 0 aromatic carbocycles. The Morgan fingerprint density at radius 3 is 0.727 bits per heavy atom. The molecule has 0 aliphatic heterocycles. The van der Waals surface area contributed by atoms with Gasteiger partial charge in [-0.05, 0) is 0 Å². The van der Waals surface area contributed by atoms with Gasteiger partial charge in [-0.3, -0.25) is 0 Å². The van der Waals surface area contributed by atoms with Crippen LogP contribution >= 0.6 is 24.0 Å². The van der Waals surface area contributed by atoms with Crippen LogP contribution in [-0.4, -0.2) is 12.2 Å². The van der Waals surface area contributed by atoms with E-state index in [0.29, 0.717) is 0 Å². The standard InChI is InChI=1S/2CHNO.4CH4.HI/c2*2-1-3;;;;;/h2*2H;4*1H4;1H. The lowest BCUT2D eigenvalue weighted by Gasteiger charge is -1.02. The Morgan fingerprint density at radius 1 is 0.727 bits per heavy atom. The summed E-state index contributed by atoms with van der Waals surface area (Å²) in [5, 5.41) is 10.8. The maximum absolute atomic E-state index is 8.35. The van der Waals surface area contributed by atoms with Gasteiger partial charge < -0.3 is 0 Å². The van der Waals surface area contributed by atoms with Gasteiger partial charge >= 0.3 is 0 Å². The number of isocyanates is 2. The van der Waals surface area contributed by atoms with Crippen LogP contribution in [0.2, 0.25) is 0 Å². The van der Waals surface area contributed by atoms with Crippen molar-refractivity contribution in [2.24, 2.45) is 0 Å². The largest absolute Gasteiger partial charge is 0.231 e. The van der Waals surface area contributed by atoms with E-state index < -0.39 is 0 Å². The maximum Gasteiger partial charge on any atom is 0.231 e. The smallest absolute Gasteiger partial charge is 0.222 e. The van der Waals surface area contributed by atoms with E-state index in [4.69, 9.17) is 20.4 Å². The molecular weight excluding hydrogens is 259 g/mol. The van der Waals surface area contributed by atoms with Crippen LogP contribution in [0.3, 0.4) is 0 Å². The van der Waals surface area contributed by atoms with Crippen molar-refractivity contribution in [2.45, 2.75) is 29.7 Å². The van der Waals surface area contributed by atoms with Crippen LogP contribution in [0, 0.1) is 10.8 Å². The molecule has 0 bridgehead atoms. The molecule has 0 saturated heterocycles. The van der Waals surface area contributed by atoms with Crippen molar-refractivity contribution in [1.82, 2.24) is 0 Å². The molecule has 2 N–H and O–H groups in total. The second-order valence-electron chi connectivity index (χ2n) is 0.204. The number of halogens is 1. The zero-order chi connectivity index (χ0) is 5.41. The van der Waals surface area contributed by atoms with E-state index in [-0.39, 0.29) is 53.7 Å². The lowest BCUT2D eigenvalue weighted by molar-refractivity contribution is 0.562. The van der Waals surface area contributed by atoms with Gasteiger partial charge in [0.05, 0.1) is 0 Å². The van der Waals surface area contributed by atoms with Crippen LogP contribution in [-0.2, 0) is 9.59 Å². The normalized spacial score (nSPS) is 1.45. The predicted molar refractivity (Wildman–Crippen MR) is 59.2 cm³/mol. The average molecular weight is 278 g/mol. The molecule has 4 nitrogen and oxygen atoms in total. The summed E-state index contributed by atoms with van der Waals surface area (Å²) in [5.41, 5.74) is 0. The van der Waals surface area contributed by atoms with Gasteiger partial charge in [-0.15, -0.1) is 24.0 Å². The van der Waals surface area contributed by atoms with Crippen LogP contribution in [0.1, 0.15) is 29.7 Å². The summed E-state index contributed by atoms with van der Waals surface area (Å²) < 4.78 is 0. The van der Waals surface area contributed by atoms with E-state index in [1.54, 1.807) is 0 Å². The minimum Gasteiger partial charge on any atom is -0.222 e. The van der Waals surface area contributed by atoms with Crippen molar-refractivity contribution in [3.05, 3.63) is 0 Å². The third-order valence-electron chi connectivity index (χ3n) is 0. The lowest BCUT2D eigenvalue weighted by atomic mass is 11.7. The fraction of sp³-hybridized carbons (Fsp3) is 0.667. The summed E-state index contributed by atoms with van der Waals surface area (Å²) in [6, 6.07) is 0. The van der Waals surface area contributed by atoms with Gasteiger partial charge in [-0.25, -0.2) is 20.4 Å². The molecule has 5 heteroatoms. The highest BCUT2D eigenvalue weighted by molar-refractivity contribution is 14.0. The highest BCUT2D eigenvalue weighted by atomic mass is 127. The third kappa shape index (κ3) is 2050. The van der Waals surface area contributed by atoms with Crippen LogP contribution in [0.25, 0.3) is 0 Å². The quantitative estimate of drug-likeness (QED) is 0.405. The Labute approximate surface area is 86.4 Å². The van der Waals surface area contributed by atoms with E-state index in [1.807, 2.05) is 0 Å². The van der Waals surface area contributed by atoms with E-state index in [9.17, 15) is 0 Å². The van der Waals surface area contributed by atoms with Crippen molar-refractivity contribution < 1.29 is 9.59 Å². The summed E-state index contributed by atoms with van der Waals surface area (Å²) in [6.07, 6.45) is 1.50. The fourth-order valence-electron chi connectivity index (χ4n) is 0. The fourth-order valence-corrected chi connectivity index (χ4v) is 0. The molecule has 11 heavy (non-hydrogen) atoms. The zero-order valence-electron chi connectivity index (χ0n) is 3.22. The van der Waals surface area contributed by atoms with Gasteiger partial charge in [0, 0.05) is 0 Å². The molecule has 0 fully saturated rings. The van der Waals surface area contributed by atoms with Crippen LogP contribution in [0.4, 0.5) is 0 Å². The molecule has 0 saturated carbocycles. The van der Waals surface area contributed by atoms with Crippen molar-refractivity contribution >= 4 is 36.1 Å². The first-order valence-electron chi connectivity index (χ1n) is 0.908. The zero-order valence-corrected chi connectivity index (χ0v) is 5.56. The van der Waals surface area contributed by atoms with Crippen LogP contribution in [0.15, 0.2) is 0 Å². The molecule has 0 spiro atoms. The van der Waals surface area contributed by atoms with E-state index in [1.165, 1.54) is 0 Å². The maximum atomic E-state index is 8.35. The first-order chi connectivity index (χ1) is 2.83. The Balaban J connectivity index is -0.00000000400. The predicted octanol–water partition coefficient (Wildman–Crippen LogP) is 2.96. The van der Waals surface area contributed by atoms with Gasteiger partial charge in [-0.1, -0.05) is 29.7 Å². The molecule has 0 aromatic rings. The van der Waals surface area contributed by atoms with Crippen molar-refractivity contribution in [2.75, 3.05) is 0 Å². The van der Waals surface area contributed by atoms with E-state index >= 15 is 0 Å². The number of hydrogen-bond acceptors (Lipinski definition) is 4. The van der Waals surface area contributed by atoms with Crippen molar-refractivity contribution in [3.63, 3.8) is 0 Å². The molecule has 0 unspecified atom stereocenters. The highest BCUT2D eigenvalue weighted by Gasteiger charge is 1.04. The molecule has 72 valence electrons. The van der Waals surface area contributed by atoms with Gasteiger partial charge in [0.15, 0.2) is 0 Å². The Hall–Kier alpha value is -0.510. The third-order valence-corrected chi connectivity index (χ3v) is 0. The Kier molecular flexibility index (Phi) is 2170. The summed E-state index contributed by atoms with van der Waals surface area (Å²) in [4.78, 5) is 16.7. The number of rotatable bonds is 0. The van der Waals surface area contributed by atoms with Crippen LogP contribution in [0.5, 0.6) is 0 Å². The number of carbonyl (C=O) groups excluding carboxylic acids is 2. The van der Waals surface area contributed by atoms with E-state index in [0.717, 1.165) is 12.2 Å². The van der Waals surface area contributed by atoms with Crippen LogP contribution < -0.4 is 0 Å². The Bertz CT molecular complexity index is 72.6. The second-order valence-corrected chi connectivity index (χ2v) is 0.204. The summed E-state index contributed by atoms with van der Waals surface area (Å²) >= 11 is 0. The second kappa shape index (κ2) is 308. The van der Waals surface area contributed by atoms with Gasteiger partial charge in [0.1, 0.15) is 0 Å². The average Bonchev–Trinajstić information content (AvgIpc) is 1.39. The molecule has 0 heterocycles. The van der Waals surface area contributed by atoms with Gasteiger partial charge in [0.25, 0.3) is 0 Å². The minimum atomic E-state index is 0. The number of nitrogens with one attached hydrogen (secondary N) is 2. The molecule has 0 radical (unpaired) electrons. The Morgan fingerprint density at radius 2 is 0.727 bits per heavy atom. The summed E-state index contributed by atoms with van der Waals surface area (Å²) in [6.45, 7) is 0. The van der Waals surface area contributed by atoms with E-state index in [2.05, 4.69) is 0 Å². The first kappa shape index (κ1) is 77.6. The summed E-state index contributed by atoms with van der Waals surface area (Å²) in [5.74, 6) is 0. The van der Waals surface area contributed by atoms with Crippen molar-refractivity contribution in [1.29, 1.82) is 10.8 Å². The highest BCUT2D eigenvalue weighted by Crippen LogP contribution is 0.886. The molecule has 0 amide bonds. The topological polar surface area (TPSA) is 81.8 Å². The minimum absolute atomic E-state index is 0. The molecule has 0 rings (SSSR count). The molecule has 0 aromatic heterocycles. The molecule has 0 aliphatic carbocycles. The number of hydrogen-bond donors (Lipinski definition) is 2. The lowest BCUT2D eigenvalue weighted by Crippen LogP contribution is -1.16. The summed E-state index contributed by atoms with van der Waals surface area (Å²) in [7, 11) is 0.